The second-order valence-corrected chi connectivity index (χ2v) is 12.8. The van der Waals surface area contributed by atoms with Crippen LogP contribution in [0.4, 0.5) is 0 Å². The van der Waals surface area contributed by atoms with Gasteiger partial charge in [0.05, 0.1) is 25.9 Å². The third-order valence-corrected chi connectivity index (χ3v) is 8.71. The highest BCUT2D eigenvalue weighted by atomic mass is 35.5. The molecule has 214 valence electrons. The number of methoxy groups -OCH3 is 1. The predicted octanol–water partition coefficient (Wildman–Crippen LogP) is 5.77. The number of esters is 1. The second kappa shape index (κ2) is 12.2. The van der Waals surface area contributed by atoms with Gasteiger partial charge in [-0.15, -0.1) is 0 Å². The molecule has 0 spiro atoms. The Balaban J connectivity index is 1.78. The number of nitrogens with zero attached hydrogens (tertiary/aromatic N) is 1. The lowest BCUT2D eigenvalue weighted by molar-refractivity contribution is -0.182. The van der Waals surface area contributed by atoms with E-state index in [1.54, 1.807) is 23.1 Å². The number of rotatable bonds is 10. The molecule has 4 rings (SSSR count). The van der Waals surface area contributed by atoms with Crippen molar-refractivity contribution >= 4 is 41.0 Å². The van der Waals surface area contributed by atoms with E-state index in [1.807, 2.05) is 6.08 Å². The zero-order valence-corrected chi connectivity index (χ0v) is 25.0. The maximum absolute atomic E-state index is 14.1. The van der Waals surface area contributed by atoms with Gasteiger partial charge in [-0.1, -0.05) is 57.0 Å². The fourth-order valence-electron chi connectivity index (χ4n) is 5.83. The lowest BCUT2D eigenvalue weighted by atomic mass is 9.64. The molecule has 1 N–H and O–H groups in total. The molecule has 1 aliphatic carbocycles. The zero-order chi connectivity index (χ0) is 28.5. The molecule has 1 aromatic carbocycles. The molecule has 1 saturated carbocycles. The van der Waals surface area contributed by atoms with Gasteiger partial charge in [0.2, 0.25) is 11.8 Å². The van der Waals surface area contributed by atoms with Gasteiger partial charge in [-0.25, -0.2) is 0 Å². The topological polar surface area (TPSA) is 84.9 Å². The molecule has 1 aromatic rings. The van der Waals surface area contributed by atoms with Gasteiger partial charge < -0.3 is 19.7 Å². The minimum atomic E-state index is -1.20. The molecule has 1 saturated heterocycles. The first-order chi connectivity index (χ1) is 18.5. The smallest absolute Gasteiger partial charge is 0.320 e. The summed E-state index contributed by atoms with van der Waals surface area (Å²) in [5.74, 6) is -0.789. The normalized spacial score (nSPS) is 26.9. The first kappa shape index (κ1) is 29.9. The van der Waals surface area contributed by atoms with Crippen molar-refractivity contribution in [3.8, 4) is 0 Å². The summed E-state index contributed by atoms with van der Waals surface area (Å²) in [4.78, 5) is 42.6. The van der Waals surface area contributed by atoms with Gasteiger partial charge in [-0.3, -0.25) is 14.4 Å². The quantitative estimate of drug-likeness (QED) is 0.356. The molecule has 39 heavy (non-hydrogen) atoms. The summed E-state index contributed by atoms with van der Waals surface area (Å²) in [6.45, 7) is 9.00. The molecule has 0 unspecified atom stereocenters. The van der Waals surface area contributed by atoms with Gasteiger partial charge in [0.1, 0.15) is 5.41 Å². The number of piperidine rings is 1. The maximum atomic E-state index is 14.1. The van der Waals surface area contributed by atoms with Crippen molar-refractivity contribution in [2.24, 2.45) is 29.1 Å². The zero-order valence-electron chi connectivity index (χ0n) is 23.5. The average Bonchev–Trinajstić information content (AvgIpc) is 3.71. The standard InChI is InChI=1S/C30H40Cl2N2O5/c1-17(2)10-11-33-26(35)12-21-15-30(29(37)38-5)25(14-24(18(3)4)39-27(30)19-6-7-19)34(28(21)36)16-20-8-9-22(31)13-23(20)32/h8-9,13-14,17-19,21,24,27H,6-7,10-12,15-16H2,1-5H3,(H,33,35)/t21-,24+,27+,30+/m0/s1. The van der Waals surface area contributed by atoms with Crippen LogP contribution in [-0.2, 0) is 30.4 Å². The Morgan fingerprint density at radius 1 is 1.21 bits per heavy atom. The Kier molecular flexibility index (Phi) is 9.34. The Hall–Kier alpha value is -2.09. The summed E-state index contributed by atoms with van der Waals surface area (Å²) in [5.41, 5.74) is 0.104. The Labute approximate surface area is 241 Å². The first-order valence-corrected chi connectivity index (χ1v) is 14.7. The number of benzene rings is 1. The number of hydrogen-bond acceptors (Lipinski definition) is 5. The molecule has 0 aromatic heterocycles. The van der Waals surface area contributed by atoms with Crippen LogP contribution in [0, 0.1) is 29.1 Å². The lowest BCUT2D eigenvalue weighted by Crippen LogP contribution is -2.61. The number of carbonyl (C=O) groups is 3. The summed E-state index contributed by atoms with van der Waals surface area (Å²) in [7, 11) is 1.37. The highest BCUT2D eigenvalue weighted by Gasteiger charge is 2.63. The number of fused-ring (bicyclic) bond motifs is 1. The third kappa shape index (κ3) is 6.31. The van der Waals surface area contributed by atoms with Crippen molar-refractivity contribution in [1.82, 2.24) is 10.2 Å². The van der Waals surface area contributed by atoms with Gasteiger partial charge in [0, 0.05) is 34.6 Å². The summed E-state index contributed by atoms with van der Waals surface area (Å²) in [6.07, 6.45) is 4.09. The summed E-state index contributed by atoms with van der Waals surface area (Å²) in [6, 6.07) is 5.16. The van der Waals surface area contributed by atoms with E-state index < -0.39 is 23.4 Å². The number of halogens is 2. The van der Waals surface area contributed by atoms with Gasteiger partial charge >= 0.3 is 5.97 Å². The van der Waals surface area contributed by atoms with E-state index in [-0.39, 0.29) is 49.1 Å². The van der Waals surface area contributed by atoms with Crippen molar-refractivity contribution in [3.05, 3.63) is 45.6 Å². The highest BCUT2D eigenvalue weighted by molar-refractivity contribution is 6.35. The van der Waals surface area contributed by atoms with E-state index in [9.17, 15) is 14.4 Å². The van der Waals surface area contributed by atoms with Crippen LogP contribution in [0.2, 0.25) is 10.0 Å². The number of ether oxygens (including phenoxy) is 2. The Morgan fingerprint density at radius 2 is 1.92 bits per heavy atom. The molecule has 2 aliphatic heterocycles. The van der Waals surface area contributed by atoms with Gasteiger partial charge in [0.25, 0.3) is 0 Å². The van der Waals surface area contributed by atoms with Crippen LogP contribution in [-0.4, -0.2) is 48.5 Å². The molecular formula is C30H40Cl2N2O5. The van der Waals surface area contributed by atoms with E-state index >= 15 is 0 Å². The van der Waals surface area contributed by atoms with Gasteiger partial charge in [-0.2, -0.15) is 0 Å². The predicted molar refractivity (Wildman–Crippen MR) is 151 cm³/mol. The summed E-state index contributed by atoms with van der Waals surface area (Å²) >= 11 is 12.7. The second-order valence-electron chi connectivity index (χ2n) is 11.9. The van der Waals surface area contributed by atoms with E-state index in [2.05, 4.69) is 33.0 Å². The van der Waals surface area contributed by atoms with Gasteiger partial charge in [-0.05, 0) is 67.2 Å². The lowest BCUT2D eigenvalue weighted by Gasteiger charge is -2.53. The molecular weight excluding hydrogens is 539 g/mol. The number of carbonyl (C=O) groups excluding carboxylic acids is 3. The van der Waals surface area contributed by atoms with Crippen molar-refractivity contribution < 1.29 is 23.9 Å². The number of likely N-dealkylation sites (tertiary alicyclic amines) is 1. The largest absolute Gasteiger partial charge is 0.468 e. The van der Waals surface area contributed by atoms with Crippen LogP contribution in [0.25, 0.3) is 0 Å². The molecule has 9 heteroatoms. The van der Waals surface area contributed by atoms with Crippen molar-refractivity contribution in [2.75, 3.05) is 13.7 Å². The third-order valence-electron chi connectivity index (χ3n) is 8.12. The number of nitrogens with one attached hydrogen (secondary N) is 1. The van der Waals surface area contributed by atoms with E-state index in [1.165, 1.54) is 7.11 Å². The van der Waals surface area contributed by atoms with Crippen LogP contribution in [0.3, 0.4) is 0 Å². The Morgan fingerprint density at radius 3 is 2.51 bits per heavy atom. The van der Waals surface area contributed by atoms with E-state index in [0.29, 0.717) is 33.8 Å². The van der Waals surface area contributed by atoms with Gasteiger partial charge in [0.15, 0.2) is 0 Å². The minimum absolute atomic E-state index is 0.0151. The molecule has 2 heterocycles. The van der Waals surface area contributed by atoms with Crippen LogP contribution >= 0.6 is 23.2 Å². The molecule has 3 aliphatic rings. The SMILES string of the molecule is COC(=O)[C@]12C[C@H](CC(=O)NCCC(C)C)C(=O)N(Cc3ccc(Cl)cc3Cl)C1=C[C@H](C(C)C)O[C@@H]2C1CC1. The summed E-state index contributed by atoms with van der Waals surface area (Å²) < 4.78 is 12.1. The van der Waals surface area contributed by atoms with E-state index in [4.69, 9.17) is 32.7 Å². The molecule has 0 radical (unpaired) electrons. The number of hydrogen-bond donors (Lipinski definition) is 1. The van der Waals surface area contributed by atoms with Crippen molar-refractivity contribution in [3.63, 3.8) is 0 Å². The highest BCUT2D eigenvalue weighted by Crippen LogP contribution is 2.56. The number of amides is 2. The molecule has 0 bridgehead atoms. The van der Waals surface area contributed by atoms with Crippen LogP contribution < -0.4 is 5.32 Å². The minimum Gasteiger partial charge on any atom is -0.468 e. The average molecular weight is 580 g/mol. The molecule has 2 amide bonds. The van der Waals surface area contributed by atoms with Crippen LogP contribution in [0.1, 0.15) is 65.4 Å². The molecule has 4 atom stereocenters. The Bertz CT molecular complexity index is 1130. The van der Waals surface area contributed by atoms with Crippen molar-refractivity contribution in [1.29, 1.82) is 0 Å². The fourth-order valence-corrected chi connectivity index (χ4v) is 6.30. The van der Waals surface area contributed by atoms with Crippen LogP contribution in [0.5, 0.6) is 0 Å². The fraction of sp³-hybridized carbons (Fsp3) is 0.633. The summed E-state index contributed by atoms with van der Waals surface area (Å²) in [5, 5.41) is 3.87. The first-order valence-electron chi connectivity index (χ1n) is 14.0. The molecule has 2 fully saturated rings. The monoisotopic (exact) mass is 578 g/mol. The molecule has 7 nitrogen and oxygen atoms in total. The maximum Gasteiger partial charge on any atom is 0.320 e. The van der Waals surface area contributed by atoms with Crippen molar-refractivity contribution in [2.45, 2.75) is 78.6 Å². The van der Waals surface area contributed by atoms with Crippen LogP contribution in [0.15, 0.2) is 30.0 Å². The van der Waals surface area contributed by atoms with E-state index in [0.717, 1.165) is 19.3 Å².